The highest BCUT2D eigenvalue weighted by Crippen LogP contribution is 2.26. The van der Waals surface area contributed by atoms with E-state index in [4.69, 9.17) is 0 Å². The Morgan fingerprint density at radius 1 is 1.22 bits per heavy atom. The fraction of sp³-hybridized carbons (Fsp3) is 0.579. The number of nitrogens with zero attached hydrogens (tertiary/aromatic N) is 3. The van der Waals surface area contributed by atoms with Crippen molar-refractivity contribution in [3.8, 4) is 0 Å². The summed E-state index contributed by atoms with van der Waals surface area (Å²) in [5.74, 6) is 0.00152. The van der Waals surface area contributed by atoms with Crippen molar-refractivity contribution in [2.45, 2.75) is 44.7 Å². The van der Waals surface area contributed by atoms with E-state index in [0.29, 0.717) is 29.9 Å². The van der Waals surface area contributed by atoms with E-state index in [-0.39, 0.29) is 23.8 Å². The summed E-state index contributed by atoms with van der Waals surface area (Å²) in [4.78, 5) is 45.0. The third-order valence-electron chi connectivity index (χ3n) is 5.12. The van der Waals surface area contributed by atoms with Crippen LogP contribution in [0.2, 0.25) is 0 Å². The first-order chi connectivity index (χ1) is 12.9. The molecule has 3 heterocycles. The molecule has 8 nitrogen and oxygen atoms in total. The number of aromatic nitrogens is 1. The maximum atomic E-state index is 12.9. The molecule has 2 aliphatic heterocycles. The smallest absolute Gasteiger partial charge is 0.253 e. The van der Waals surface area contributed by atoms with Gasteiger partial charge in [0.2, 0.25) is 11.8 Å². The molecular weight excluding hydrogens is 346 g/mol. The average molecular weight is 373 g/mol. The molecule has 2 fully saturated rings. The van der Waals surface area contributed by atoms with Crippen molar-refractivity contribution < 1.29 is 14.4 Å². The van der Waals surface area contributed by atoms with Crippen molar-refractivity contribution >= 4 is 23.5 Å². The van der Waals surface area contributed by atoms with E-state index >= 15 is 0 Å². The molecule has 0 bridgehead atoms. The van der Waals surface area contributed by atoms with Crippen LogP contribution in [0, 0.1) is 6.92 Å². The lowest BCUT2D eigenvalue weighted by Crippen LogP contribution is -2.51. The number of anilines is 1. The van der Waals surface area contributed by atoms with Crippen LogP contribution < -0.4 is 10.6 Å². The minimum absolute atomic E-state index is 0.0442. The number of carbonyl (C=O) groups is 3. The summed E-state index contributed by atoms with van der Waals surface area (Å²) in [6.07, 6.45) is 2.64. The van der Waals surface area contributed by atoms with Gasteiger partial charge < -0.3 is 20.4 Å². The van der Waals surface area contributed by atoms with Gasteiger partial charge in [0, 0.05) is 37.8 Å². The molecule has 3 rings (SSSR count). The fourth-order valence-electron chi connectivity index (χ4n) is 3.83. The van der Waals surface area contributed by atoms with Crippen molar-refractivity contribution in [3.05, 3.63) is 23.4 Å². The van der Waals surface area contributed by atoms with Crippen molar-refractivity contribution in [2.75, 3.05) is 32.5 Å². The highest BCUT2D eigenvalue weighted by molar-refractivity contribution is 6.00. The fourth-order valence-corrected chi connectivity index (χ4v) is 3.83. The van der Waals surface area contributed by atoms with Crippen molar-refractivity contribution in [3.63, 3.8) is 0 Å². The first-order valence-corrected chi connectivity index (χ1v) is 9.40. The summed E-state index contributed by atoms with van der Waals surface area (Å²) in [6, 6.07) is 2.90. The Balaban J connectivity index is 1.76. The van der Waals surface area contributed by atoms with E-state index in [9.17, 15) is 14.4 Å². The van der Waals surface area contributed by atoms with Gasteiger partial charge in [0.15, 0.2) is 0 Å². The molecule has 0 aromatic carbocycles. The summed E-state index contributed by atoms with van der Waals surface area (Å²) < 4.78 is 0. The molecule has 2 saturated heterocycles. The lowest BCUT2D eigenvalue weighted by atomic mass is 10.0. The number of rotatable bonds is 4. The van der Waals surface area contributed by atoms with E-state index < -0.39 is 6.04 Å². The maximum absolute atomic E-state index is 12.9. The number of nitrogens with one attached hydrogen (secondary N) is 2. The Morgan fingerprint density at radius 2 is 1.93 bits per heavy atom. The van der Waals surface area contributed by atoms with Crippen LogP contribution >= 0.6 is 0 Å². The summed E-state index contributed by atoms with van der Waals surface area (Å²) in [5, 5.41) is 6.10. The minimum atomic E-state index is -0.476. The number of hydrogen-bond donors (Lipinski definition) is 2. The maximum Gasteiger partial charge on any atom is 0.253 e. The Morgan fingerprint density at radius 3 is 2.59 bits per heavy atom. The predicted molar refractivity (Wildman–Crippen MR) is 101 cm³/mol. The molecule has 0 saturated carbocycles. The Kier molecular flexibility index (Phi) is 5.74. The molecule has 1 atom stereocenters. The molecular formula is C19H27N5O3. The summed E-state index contributed by atoms with van der Waals surface area (Å²) in [7, 11) is 3.36. The van der Waals surface area contributed by atoms with Crippen LogP contribution in [-0.2, 0) is 9.59 Å². The molecule has 2 N–H and O–H groups in total. The van der Waals surface area contributed by atoms with Gasteiger partial charge in [-0.15, -0.1) is 0 Å². The number of hydrogen-bond acceptors (Lipinski definition) is 5. The predicted octanol–water partition coefficient (Wildman–Crippen LogP) is 0.773. The molecule has 146 valence electrons. The van der Waals surface area contributed by atoms with E-state index in [1.54, 1.807) is 38.1 Å². The number of piperidine rings is 1. The molecule has 0 aliphatic carbocycles. The molecule has 1 aromatic heterocycles. The first kappa shape index (κ1) is 19.3. The average Bonchev–Trinajstić information content (AvgIpc) is 3.02. The summed E-state index contributed by atoms with van der Waals surface area (Å²) in [6.45, 7) is 3.50. The topological polar surface area (TPSA) is 94.6 Å². The molecule has 1 aromatic rings. The third-order valence-corrected chi connectivity index (χ3v) is 5.12. The quantitative estimate of drug-likeness (QED) is 0.813. The highest BCUT2D eigenvalue weighted by atomic mass is 16.2. The monoisotopic (exact) mass is 373 g/mol. The van der Waals surface area contributed by atoms with Gasteiger partial charge in [0.25, 0.3) is 5.91 Å². The SMILES string of the molecule is Cc1cc(C(=O)N(C)C)cc(NC(=O)[C@H]2CCC(=O)N2C2CCNCC2)n1. The second-order valence-electron chi connectivity index (χ2n) is 7.41. The van der Waals surface area contributed by atoms with E-state index in [0.717, 1.165) is 25.9 Å². The van der Waals surface area contributed by atoms with Gasteiger partial charge in [-0.25, -0.2) is 4.98 Å². The van der Waals surface area contributed by atoms with Gasteiger partial charge in [-0.05, 0) is 51.4 Å². The number of amides is 3. The second kappa shape index (κ2) is 8.04. The van der Waals surface area contributed by atoms with Crippen LogP contribution in [-0.4, -0.2) is 71.8 Å². The standard InChI is InChI=1S/C19H27N5O3/c1-12-10-13(19(27)23(2)3)11-16(21-12)22-18(26)15-4-5-17(25)24(15)14-6-8-20-9-7-14/h10-11,14-15,20H,4-9H2,1-3H3,(H,21,22,26)/t15-/m1/s1. The van der Waals surface area contributed by atoms with Crippen LogP contribution in [0.1, 0.15) is 41.7 Å². The van der Waals surface area contributed by atoms with Crippen molar-refractivity contribution in [2.24, 2.45) is 0 Å². The Labute approximate surface area is 159 Å². The van der Waals surface area contributed by atoms with Gasteiger partial charge in [0.1, 0.15) is 11.9 Å². The minimum Gasteiger partial charge on any atom is -0.345 e. The van der Waals surface area contributed by atoms with Crippen LogP contribution in [0.5, 0.6) is 0 Å². The lowest BCUT2D eigenvalue weighted by molar-refractivity contribution is -0.136. The zero-order chi connectivity index (χ0) is 19.6. The normalized spacial score (nSPS) is 20.6. The number of carbonyl (C=O) groups excluding carboxylic acids is 3. The van der Waals surface area contributed by atoms with E-state index in [1.165, 1.54) is 4.90 Å². The van der Waals surface area contributed by atoms with E-state index in [1.807, 2.05) is 0 Å². The molecule has 3 amide bonds. The van der Waals surface area contributed by atoms with Crippen molar-refractivity contribution in [1.82, 2.24) is 20.1 Å². The third kappa shape index (κ3) is 4.27. The molecule has 0 radical (unpaired) electrons. The number of aryl methyl sites for hydroxylation is 1. The summed E-state index contributed by atoms with van der Waals surface area (Å²) in [5.41, 5.74) is 1.12. The summed E-state index contributed by atoms with van der Waals surface area (Å²) >= 11 is 0. The molecule has 2 aliphatic rings. The Hall–Kier alpha value is -2.48. The van der Waals surface area contributed by atoms with Gasteiger partial charge in [0.05, 0.1) is 0 Å². The molecule has 8 heteroatoms. The van der Waals surface area contributed by atoms with Gasteiger partial charge in [-0.3, -0.25) is 14.4 Å². The zero-order valence-electron chi connectivity index (χ0n) is 16.1. The van der Waals surface area contributed by atoms with Crippen LogP contribution in [0.4, 0.5) is 5.82 Å². The largest absolute Gasteiger partial charge is 0.345 e. The lowest BCUT2D eigenvalue weighted by Gasteiger charge is -2.35. The van der Waals surface area contributed by atoms with Gasteiger partial charge in [-0.2, -0.15) is 0 Å². The highest BCUT2D eigenvalue weighted by Gasteiger charge is 2.40. The number of likely N-dealkylation sites (tertiary alicyclic amines) is 1. The number of pyridine rings is 1. The van der Waals surface area contributed by atoms with Gasteiger partial charge in [-0.1, -0.05) is 0 Å². The first-order valence-electron chi connectivity index (χ1n) is 9.40. The van der Waals surface area contributed by atoms with Crippen LogP contribution in [0.25, 0.3) is 0 Å². The Bertz CT molecular complexity index is 743. The van der Waals surface area contributed by atoms with Crippen molar-refractivity contribution in [1.29, 1.82) is 0 Å². The molecule has 27 heavy (non-hydrogen) atoms. The molecule has 0 spiro atoms. The zero-order valence-corrected chi connectivity index (χ0v) is 16.1. The van der Waals surface area contributed by atoms with E-state index in [2.05, 4.69) is 15.6 Å². The van der Waals surface area contributed by atoms with Crippen LogP contribution in [0.15, 0.2) is 12.1 Å². The molecule has 0 unspecified atom stereocenters. The van der Waals surface area contributed by atoms with Gasteiger partial charge >= 0.3 is 0 Å². The second-order valence-corrected chi connectivity index (χ2v) is 7.41. The van der Waals surface area contributed by atoms with Crippen LogP contribution in [0.3, 0.4) is 0 Å².